The standard InChI is InChI=1S/C38H60O5/c1-22(2)31-27(39)20-36(9)17-14-26-24(32(31)36)12-13-29-37(10)19-16-28(23(3)25(37)15-18-38(26,29)11)42-30(40)21-35(7,8)33(41)43-34(4,5)6/h22-26,28-29H,12-21H2,1-11H3. The highest BCUT2D eigenvalue weighted by Crippen LogP contribution is 2.71. The fourth-order valence-electron chi connectivity index (χ4n) is 11.4. The SMILES string of the molecule is CC(C)C1=C2C3CCC4C(C)(CCC5C(C)C(OC(=O)CC(C)(C)C(=O)OC(C)(C)C)CCC54C)C3CCC2(C)CC1=O. The van der Waals surface area contributed by atoms with Gasteiger partial charge >= 0.3 is 11.9 Å². The van der Waals surface area contributed by atoms with Crippen LogP contribution in [0, 0.1) is 57.2 Å². The average Bonchev–Trinajstić information content (AvgIpc) is 3.14. The number of rotatable bonds is 5. The number of hydrogen-bond donors (Lipinski definition) is 0. The van der Waals surface area contributed by atoms with Crippen LogP contribution in [-0.2, 0) is 23.9 Å². The zero-order valence-corrected chi connectivity index (χ0v) is 29.2. The largest absolute Gasteiger partial charge is 0.462 e. The van der Waals surface area contributed by atoms with E-state index < -0.39 is 11.0 Å². The molecule has 0 aromatic carbocycles. The van der Waals surface area contributed by atoms with Crippen LogP contribution in [-0.4, -0.2) is 29.4 Å². The predicted molar refractivity (Wildman–Crippen MR) is 170 cm³/mol. The first-order chi connectivity index (χ1) is 19.7. The number of fused-ring (bicyclic) bond motifs is 7. The van der Waals surface area contributed by atoms with Crippen molar-refractivity contribution in [3.63, 3.8) is 0 Å². The predicted octanol–water partition coefficient (Wildman–Crippen LogP) is 8.88. The number of Topliss-reactive ketones (excluding diaryl/α,β-unsaturated/α-hetero) is 1. The Morgan fingerprint density at radius 3 is 2.12 bits per heavy atom. The molecule has 242 valence electrons. The first-order valence-electron chi connectivity index (χ1n) is 17.4. The molecular formula is C38H60O5. The number of carbonyl (C=O) groups is 3. The summed E-state index contributed by atoms with van der Waals surface area (Å²) in [5.41, 5.74) is 1.84. The molecule has 0 saturated heterocycles. The summed E-state index contributed by atoms with van der Waals surface area (Å²) in [6, 6.07) is 0. The highest BCUT2D eigenvalue weighted by molar-refractivity contribution is 6.00. The van der Waals surface area contributed by atoms with Crippen LogP contribution < -0.4 is 0 Å². The Hall–Kier alpha value is -1.65. The Balaban J connectivity index is 1.31. The van der Waals surface area contributed by atoms with Gasteiger partial charge in [0, 0.05) is 6.42 Å². The van der Waals surface area contributed by atoms with Gasteiger partial charge < -0.3 is 9.47 Å². The quantitative estimate of drug-likeness (QED) is 0.297. The van der Waals surface area contributed by atoms with Crippen molar-refractivity contribution in [2.75, 3.05) is 0 Å². The molecule has 0 spiro atoms. The van der Waals surface area contributed by atoms with E-state index in [0.29, 0.717) is 41.3 Å². The second kappa shape index (κ2) is 10.7. The Labute approximate surface area is 261 Å². The summed E-state index contributed by atoms with van der Waals surface area (Å²) in [7, 11) is 0. The number of esters is 2. The zero-order valence-electron chi connectivity index (χ0n) is 29.2. The lowest BCUT2D eigenvalue weighted by Gasteiger charge is -2.67. The molecule has 9 unspecified atom stereocenters. The van der Waals surface area contributed by atoms with E-state index in [1.165, 1.54) is 37.7 Å². The lowest BCUT2D eigenvalue weighted by molar-refractivity contribution is -0.192. The molecule has 5 aliphatic carbocycles. The molecule has 0 aliphatic heterocycles. The average molecular weight is 597 g/mol. The summed E-state index contributed by atoms with van der Waals surface area (Å²) in [6.07, 6.45) is 9.91. The van der Waals surface area contributed by atoms with Gasteiger partial charge in [-0.3, -0.25) is 14.4 Å². The smallest absolute Gasteiger partial charge is 0.312 e. The summed E-state index contributed by atoms with van der Waals surface area (Å²) < 4.78 is 11.8. The van der Waals surface area contributed by atoms with Gasteiger partial charge in [0.05, 0.1) is 11.8 Å². The van der Waals surface area contributed by atoms with Crippen LogP contribution in [0.5, 0.6) is 0 Å². The van der Waals surface area contributed by atoms with Gasteiger partial charge in [-0.15, -0.1) is 0 Å². The van der Waals surface area contributed by atoms with Crippen molar-refractivity contribution in [1.82, 2.24) is 0 Å². The van der Waals surface area contributed by atoms with E-state index >= 15 is 0 Å². The van der Waals surface area contributed by atoms with Crippen LogP contribution in [0.3, 0.4) is 0 Å². The molecule has 5 aliphatic rings. The molecular weight excluding hydrogens is 536 g/mol. The maximum Gasteiger partial charge on any atom is 0.312 e. The summed E-state index contributed by atoms with van der Waals surface area (Å²) in [5, 5.41) is 0. The molecule has 5 heteroatoms. The van der Waals surface area contributed by atoms with Crippen LogP contribution in [0.4, 0.5) is 0 Å². The summed E-state index contributed by atoms with van der Waals surface area (Å²) >= 11 is 0. The zero-order chi connectivity index (χ0) is 31.9. The van der Waals surface area contributed by atoms with Crippen molar-refractivity contribution in [1.29, 1.82) is 0 Å². The first-order valence-corrected chi connectivity index (χ1v) is 17.4. The molecule has 4 fully saturated rings. The highest BCUT2D eigenvalue weighted by Gasteiger charge is 2.64. The Kier molecular flexibility index (Phi) is 8.16. The molecule has 43 heavy (non-hydrogen) atoms. The maximum absolute atomic E-state index is 13.3. The van der Waals surface area contributed by atoms with Gasteiger partial charge in [-0.2, -0.15) is 0 Å². The molecule has 0 N–H and O–H groups in total. The number of carbonyl (C=O) groups excluding carboxylic acids is 3. The Bertz CT molecular complexity index is 1190. The topological polar surface area (TPSA) is 69.7 Å². The number of hydrogen-bond acceptors (Lipinski definition) is 5. The van der Waals surface area contributed by atoms with Gasteiger partial charge in [0.25, 0.3) is 0 Å². The molecule has 5 rings (SSSR count). The molecule has 5 nitrogen and oxygen atoms in total. The first kappa shape index (κ1) is 32.7. The van der Waals surface area contributed by atoms with Crippen LogP contribution in [0.15, 0.2) is 11.1 Å². The van der Waals surface area contributed by atoms with E-state index in [4.69, 9.17) is 9.47 Å². The van der Waals surface area contributed by atoms with Gasteiger partial charge in [-0.1, -0.05) is 47.1 Å². The molecule has 0 aromatic heterocycles. The molecule has 0 bridgehead atoms. The van der Waals surface area contributed by atoms with Crippen LogP contribution in [0.1, 0.15) is 140 Å². The second-order valence-corrected chi connectivity index (χ2v) is 18.2. The van der Waals surface area contributed by atoms with Crippen molar-refractivity contribution in [3.05, 3.63) is 11.1 Å². The summed E-state index contributed by atoms with van der Waals surface area (Å²) in [4.78, 5) is 39.2. The van der Waals surface area contributed by atoms with E-state index in [2.05, 4.69) is 41.5 Å². The summed E-state index contributed by atoms with van der Waals surface area (Å²) in [6.45, 7) is 23.4. The fraction of sp³-hybridized carbons (Fsp3) is 0.868. The fourth-order valence-corrected chi connectivity index (χ4v) is 11.4. The van der Waals surface area contributed by atoms with E-state index in [-0.39, 0.29) is 40.7 Å². The third-order valence-corrected chi connectivity index (χ3v) is 13.3. The van der Waals surface area contributed by atoms with Crippen molar-refractivity contribution in [2.24, 2.45) is 57.2 Å². The van der Waals surface area contributed by atoms with Gasteiger partial charge in [0.2, 0.25) is 0 Å². The van der Waals surface area contributed by atoms with Crippen molar-refractivity contribution < 1.29 is 23.9 Å². The minimum atomic E-state index is -0.924. The number of allylic oxidation sites excluding steroid dienone is 2. The highest BCUT2D eigenvalue weighted by atomic mass is 16.6. The Morgan fingerprint density at radius 2 is 1.49 bits per heavy atom. The monoisotopic (exact) mass is 596 g/mol. The molecule has 4 saturated carbocycles. The van der Waals surface area contributed by atoms with E-state index in [1.807, 2.05) is 20.8 Å². The molecule has 0 aromatic rings. The van der Waals surface area contributed by atoms with E-state index in [0.717, 1.165) is 25.7 Å². The number of ether oxygens (including phenoxy) is 2. The van der Waals surface area contributed by atoms with Crippen LogP contribution in [0.25, 0.3) is 0 Å². The van der Waals surface area contributed by atoms with Crippen LogP contribution >= 0.6 is 0 Å². The van der Waals surface area contributed by atoms with Gasteiger partial charge in [-0.05, 0) is 143 Å². The van der Waals surface area contributed by atoms with Gasteiger partial charge in [-0.25, -0.2) is 0 Å². The maximum atomic E-state index is 13.3. The Morgan fingerprint density at radius 1 is 0.884 bits per heavy atom. The van der Waals surface area contributed by atoms with Gasteiger partial charge in [0.1, 0.15) is 11.7 Å². The minimum absolute atomic E-state index is 0.0342. The lowest BCUT2D eigenvalue weighted by atomic mass is 9.38. The normalized spacial score (nSPS) is 41.3. The molecule has 0 radical (unpaired) electrons. The van der Waals surface area contributed by atoms with Crippen molar-refractivity contribution in [3.8, 4) is 0 Å². The van der Waals surface area contributed by atoms with Gasteiger partial charge in [0.15, 0.2) is 5.78 Å². The third-order valence-electron chi connectivity index (χ3n) is 13.3. The minimum Gasteiger partial charge on any atom is -0.462 e. The molecule has 9 atom stereocenters. The van der Waals surface area contributed by atoms with E-state index in [1.54, 1.807) is 19.4 Å². The molecule has 0 amide bonds. The third kappa shape index (κ3) is 5.45. The summed E-state index contributed by atoms with van der Waals surface area (Å²) in [5.74, 6) is 2.80. The van der Waals surface area contributed by atoms with Crippen LogP contribution in [0.2, 0.25) is 0 Å². The van der Waals surface area contributed by atoms with Crippen molar-refractivity contribution >= 4 is 17.7 Å². The second-order valence-electron chi connectivity index (χ2n) is 18.2. The number of ketones is 1. The van der Waals surface area contributed by atoms with E-state index in [9.17, 15) is 14.4 Å². The van der Waals surface area contributed by atoms with Crippen molar-refractivity contribution in [2.45, 2.75) is 152 Å². The molecule has 0 heterocycles. The lowest BCUT2D eigenvalue weighted by Crippen LogP contribution is -2.60.